The van der Waals surface area contributed by atoms with Gasteiger partial charge in [0.1, 0.15) is 0 Å². The molecule has 0 aliphatic rings. The van der Waals surface area contributed by atoms with E-state index in [1.165, 1.54) is 0 Å². The fourth-order valence-electron chi connectivity index (χ4n) is 0.929. The van der Waals surface area contributed by atoms with E-state index in [0.29, 0.717) is 16.1 Å². The molecule has 0 saturated carbocycles. The molecule has 0 saturated heterocycles. The molecule has 0 amide bonds. The number of hydrogen-bond donors (Lipinski definition) is 2. The van der Waals surface area contributed by atoms with Crippen molar-refractivity contribution < 1.29 is 10.2 Å². The fraction of sp³-hybridized carbons (Fsp3) is 0.250. The van der Waals surface area contributed by atoms with Crippen LogP contribution in [0.4, 0.5) is 0 Å². The summed E-state index contributed by atoms with van der Waals surface area (Å²) in [6.07, 6.45) is 0. The Bertz CT molecular complexity index is 248. The van der Waals surface area contributed by atoms with Crippen LogP contribution in [0.3, 0.4) is 0 Å². The predicted octanol–water partition coefficient (Wildman–Crippen LogP) is 1.32. The zero-order valence-corrected chi connectivity index (χ0v) is 6.67. The molecule has 1 rings (SSSR count). The first kappa shape index (κ1) is 8.53. The highest BCUT2D eigenvalue weighted by molar-refractivity contribution is 6.31. The number of hydrogen-bond acceptors (Lipinski definition) is 2. The van der Waals surface area contributed by atoms with Crippen LogP contribution in [-0.4, -0.2) is 10.2 Å². The second kappa shape index (κ2) is 3.72. The standard InChI is InChI=1S/C8H9ClO2/c9-8-3-1-2-6(4-10)7(8)5-11/h1-3,10-11H,4-5H2. The van der Waals surface area contributed by atoms with Gasteiger partial charge in [0.05, 0.1) is 13.2 Å². The average molecular weight is 173 g/mol. The molecule has 0 atom stereocenters. The van der Waals surface area contributed by atoms with Crippen molar-refractivity contribution in [3.8, 4) is 0 Å². The second-order valence-electron chi connectivity index (χ2n) is 2.19. The largest absolute Gasteiger partial charge is 0.392 e. The van der Waals surface area contributed by atoms with Crippen LogP contribution in [0, 0.1) is 0 Å². The molecule has 3 heteroatoms. The maximum atomic E-state index is 8.83. The summed E-state index contributed by atoms with van der Waals surface area (Å²) < 4.78 is 0. The summed E-state index contributed by atoms with van der Waals surface area (Å²) in [7, 11) is 0. The molecular weight excluding hydrogens is 164 g/mol. The molecule has 2 N–H and O–H groups in total. The van der Waals surface area contributed by atoms with Crippen molar-refractivity contribution in [1.29, 1.82) is 0 Å². The molecule has 1 aromatic rings. The zero-order chi connectivity index (χ0) is 8.27. The second-order valence-corrected chi connectivity index (χ2v) is 2.60. The van der Waals surface area contributed by atoms with E-state index < -0.39 is 0 Å². The van der Waals surface area contributed by atoms with E-state index in [9.17, 15) is 0 Å². The van der Waals surface area contributed by atoms with Gasteiger partial charge in [0.15, 0.2) is 0 Å². The third-order valence-electron chi connectivity index (χ3n) is 1.54. The van der Waals surface area contributed by atoms with Crippen molar-refractivity contribution in [2.45, 2.75) is 13.2 Å². The number of aliphatic hydroxyl groups is 2. The Kier molecular flexibility index (Phi) is 2.88. The number of benzene rings is 1. The van der Waals surface area contributed by atoms with Gasteiger partial charge in [0, 0.05) is 10.6 Å². The van der Waals surface area contributed by atoms with Crippen molar-refractivity contribution >= 4 is 11.6 Å². The summed E-state index contributed by atoms with van der Waals surface area (Å²) >= 11 is 5.74. The van der Waals surface area contributed by atoms with Gasteiger partial charge < -0.3 is 10.2 Å². The van der Waals surface area contributed by atoms with Gasteiger partial charge in [-0.15, -0.1) is 0 Å². The van der Waals surface area contributed by atoms with Crippen molar-refractivity contribution in [3.05, 3.63) is 34.3 Å². The minimum absolute atomic E-state index is 0.0869. The molecule has 1 aromatic carbocycles. The lowest BCUT2D eigenvalue weighted by Crippen LogP contribution is -1.93. The average Bonchev–Trinajstić information content (AvgIpc) is 2.04. The summed E-state index contributed by atoms with van der Waals surface area (Å²) in [6.45, 7) is -0.216. The molecule has 0 fully saturated rings. The van der Waals surface area contributed by atoms with Gasteiger partial charge in [-0.25, -0.2) is 0 Å². The minimum Gasteiger partial charge on any atom is -0.392 e. The van der Waals surface area contributed by atoms with Gasteiger partial charge in [-0.3, -0.25) is 0 Å². The lowest BCUT2D eigenvalue weighted by atomic mass is 10.1. The molecule has 0 radical (unpaired) electrons. The summed E-state index contributed by atoms with van der Waals surface area (Å²) in [5.41, 5.74) is 1.29. The molecule has 0 bridgehead atoms. The van der Waals surface area contributed by atoms with Crippen molar-refractivity contribution in [3.63, 3.8) is 0 Å². The Hall–Kier alpha value is -0.570. The van der Waals surface area contributed by atoms with E-state index in [2.05, 4.69) is 0 Å². The maximum absolute atomic E-state index is 8.83. The molecule has 0 spiro atoms. The van der Waals surface area contributed by atoms with E-state index >= 15 is 0 Å². The lowest BCUT2D eigenvalue weighted by molar-refractivity contribution is 0.260. The zero-order valence-electron chi connectivity index (χ0n) is 5.92. The Labute approximate surface area is 70.1 Å². The van der Waals surface area contributed by atoms with Crippen LogP contribution in [0.2, 0.25) is 5.02 Å². The predicted molar refractivity (Wildman–Crippen MR) is 43.3 cm³/mol. The molecule has 0 aromatic heterocycles. The van der Waals surface area contributed by atoms with E-state index in [1.807, 2.05) is 0 Å². The smallest absolute Gasteiger partial charge is 0.0699 e. The normalized spacial score (nSPS) is 10.1. The van der Waals surface area contributed by atoms with Crippen LogP contribution in [-0.2, 0) is 13.2 Å². The quantitative estimate of drug-likeness (QED) is 0.707. The topological polar surface area (TPSA) is 40.5 Å². The van der Waals surface area contributed by atoms with Gasteiger partial charge in [-0.05, 0) is 11.6 Å². The van der Waals surface area contributed by atoms with Crippen LogP contribution in [0.25, 0.3) is 0 Å². The number of halogens is 1. The van der Waals surface area contributed by atoms with Gasteiger partial charge >= 0.3 is 0 Å². The van der Waals surface area contributed by atoms with Crippen molar-refractivity contribution in [2.24, 2.45) is 0 Å². The highest BCUT2D eigenvalue weighted by Gasteiger charge is 2.03. The Balaban J connectivity index is 3.13. The molecule has 0 unspecified atom stereocenters. The first-order valence-electron chi connectivity index (χ1n) is 3.27. The molecule has 11 heavy (non-hydrogen) atoms. The molecular formula is C8H9ClO2. The van der Waals surface area contributed by atoms with Gasteiger partial charge in [-0.2, -0.15) is 0 Å². The van der Waals surface area contributed by atoms with Crippen LogP contribution >= 0.6 is 11.6 Å². The van der Waals surface area contributed by atoms with Crippen LogP contribution in [0.15, 0.2) is 18.2 Å². The molecule has 2 nitrogen and oxygen atoms in total. The third kappa shape index (κ3) is 1.71. The van der Waals surface area contributed by atoms with E-state index in [1.54, 1.807) is 18.2 Å². The molecule has 0 heterocycles. The molecule has 60 valence electrons. The number of rotatable bonds is 2. The molecule has 0 aliphatic carbocycles. The summed E-state index contributed by atoms with van der Waals surface area (Å²) in [6, 6.07) is 5.16. The Morgan fingerprint density at radius 3 is 2.36 bits per heavy atom. The minimum atomic E-state index is -0.129. The van der Waals surface area contributed by atoms with E-state index in [-0.39, 0.29) is 13.2 Å². The van der Waals surface area contributed by atoms with Crippen molar-refractivity contribution in [1.82, 2.24) is 0 Å². The van der Waals surface area contributed by atoms with Crippen LogP contribution in [0.1, 0.15) is 11.1 Å². The third-order valence-corrected chi connectivity index (χ3v) is 1.90. The van der Waals surface area contributed by atoms with Gasteiger partial charge in [0.2, 0.25) is 0 Å². The van der Waals surface area contributed by atoms with E-state index in [4.69, 9.17) is 21.8 Å². The Morgan fingerprint density at radius 1 is 1.18 bits per heavy atom. The van der Waals surface area contributed by atoms with Crippen LogP contribution in [0.5, 0.6) is 0 Å². The summed E-state index contributed by atoms with van der Waals surface area (Å²) in [5.74, 6) is 0. The lowest BCUT2D eigenvalue weighted by Gasteiger charge is -2.04. The summed E-state index contributed by atoms with van der Waals surface area (Å²) in [5, 5.41) is 18.1. The van der Waals surface area contributed by atoms with E-state index in [0.717, 1.165) is 0 Å². The number of aliphatic hydroxyl groups excluding tert-OH is 2. The molecule has 0 aliphatic heterocycles. The summed E-state index contributed by atoms with van der Waals surface area (Å²) in [4.78, 5) is 0. The SMILES string of the molecule is OCc1cccc(Cl)c1CO. The Morgan fingerprint density at radius 2 is 1.91 bits per heavy atom. The monoisotopic (exact) mass is 172 g/mol. The highest BCUT2D eigenvalue weighted by atomic mass is 35.5. The van der Waals surface area contributed by atoms with Crippen LogP contribution < -0.4 is 0 Å². The fourth-order valence-corrected chi connectivity index (χ4v) is 1.18. The first-order chi connectivity index (χ1) is 5.29. The van der Waals surface area contributed by atoms with Crippen molar-refractivity contribution in [2.75, 3.05) is 0 Å². The van der Waals surface area contributed by atoms with Gasteiger partial charge in [-0.1, -0.05) is 23.7 Å². The highest BCUT2D eigenvalue weighted by Crippen LogP contribution is 2.19. The maximum Gasteiger partial charge on any atom is 0.0699 e. The first-order valence-corrected chi connectivity index (χ1v) is 3.65. The van der Waals surface area contributed by atoms with Gasteiger partial charge in [0.25, 0.3) is 0 Å².